The molecule has 2 heterocycles. The summed E-state index contributed by atoms with van der Waals surface area (Å²) in [6.07, 6.45) is 7.77. The zero-order chi connectivity index (χ0) is 12.1. The van der Waals surface area contributed by atoms with Gasteiger partial charge in [-0.15, -0.1) is 0 Å². The molecule has 4 heteroatoms. The zero-order valence-corrected chi connectivity index (χ0v) is 12.0. The van der Waals surface area contributed by atoms with E-state index in [4.69, 9.17) is 0 Å². The molecule has 2 atom stereocenters. The Kier molecular flexibility index (Phi) is 5.29. The van der Waals surface area contributed by atoms with Gasteiger partial charge in [0, 0.05) is 30.4 Å². The van der Waals surface area contributed by atoms with E-state index in [0.29, 0.717) is 12.5 Å². The molecule has 0 aromatic heterocycles. The van der Waals surface area contributed by atoms with E-state index < -0.39 is 0 Å². The van der Waals surface area contributed by atoms with Crippen LogP contribution in [0, 0.1) is 0 Å². The van der Waals surface area contributed by atoms with Gasteiger partial charge >= 0.3 is 0 Å². The third kappa shape index (κ3) is 3.95. The summed E-state index contributed by atoms with van der Waals surface area (Å²) in [5, 5.41) is 4.21. The van der Waals surface area contributed by atoms with E-state index in [-0.39, 0.29) is 5.91 Å². The number of nitrogens with zero attached hydrogens (tertiary/aromatic N) is 1. The predicted molar refractivity (Wildman–Crippen MR) is 73.4 cm³/mol. The molecule has 0 radical (unpaired) electrons. The van der Waals surface area contributed by atoms with E-state index >= 15 is 0 Å². The number of unbranched alkanes of at least 4 members (excludes halogenated alkanes) is 1. The molecule has 2 aliphatic heterocycles. The van der Waals surface area contributed by atoms with Crippen LogP contribution in [0.25, 0.3) is 0 Å². The summed E-state index contributed by atoms with van der Waals surface area (Å²) in [6.45, 7) is 2.45. The van der Waals surface area contributed by atoms with E-state index in [1.54, 1.807) is 0 Å². The second-order valence-corrected chi connectivity index (χ2v) is 6.06. The Hall–Kier alpha value is -0.0900. The first-order valence-corrected chi connectivity index (χ1v) is 8.01. The first kappa shape index (κ1) is 13.3. The maximum absolute atomic E-state index is 11.7. The number of fused-ring (bicyclic) bond motifs is 1. The summed E-state index contributed by atoms with van der Waals surface area (Å²) in [7, 11) is 0. The smallest absolute Gasteiger partial charge is 0.220 e. The summed E-state index contributed by atoms with van der Waals surface area (Å²) in [5.74, 6) is 0.252. The molecule has 98 valence electrons. The monoisotopic (exact) mass is 302 g/mol. The molecule has 2 rings (SSSR count). The number of halogens is 1. The minimum absolute atomic E-state index is 0.252. The Morgan fingerprint density at radius 3 is 3.00 bits per heavy atom. The van der Waals surface area contributed by atoms with E-state index in [0.717, 1.165) is 30.6 Å². The van der Waals surface area contributed by atoms with Crippen LogP contribution < -0.4 is 5.32 Å². The van der Waals surface area contributed by atoms with Crippen molar-refractivity contribution in [3.8, 4) is 0 Å². The van der Waals surface area contributed by atoms with E-state index in [2.05, 4.69) is 26.1 Å². The second-order valence-electron chi connectivity index (χ2n) is 5.27. The molecular formula is C13H23BrN2O. The molecule has 0 spiro atoms. The fourth-order valence-electron chi connectivity index (χ4n) is 3.04. The van der Waals surface area contributed by atoms with Crippen molar-refractivity contribution < 1.29 is 4.79 Å². The second kappa shape index (κ2) is 6.74. The maximum atomic E-state index is 11.7. The number of alkyl halides is 1. The average molecular weight is 303 g/mol. The predicted octanol–water partition coefficient (Wildman–Crippen LogP) is 2.29. The standard InChI is InChI=1S/C13H23BrN2O/c14-7-2-1-5-13(17)15-11-6-9-16-8-3-4-12(16)10-11/h11-12H,1-10H2,(H,15,17). The van der Waals surface area contributed by atoms with Gasteiger partial charge in [0.25, 0.3) is 0 Å². The van der Waals surface area contributed by atoms with Crippen LogP contribution in [0.5, 0.6) is 0 Å². The van der Waals surface area contributed by atoms with Crippen molar-refractivity contribution in [2.75, 3.05) is 18.4 Å². The van der Waals surface area contributed by atoms with Crippen LogP contribution >= 0.6 is 15.9 Å². The van der Waals surface area contributed by atoms with Crippen molar-refractivity contribution in [3.05, 3.63) is 0 Å². The van der Waals surface area contributed by atoms with Gasteiger partial charge in [0.1, 0.15) is 0 Å². The Balaban J connectivity index is 1.67. The summed E-state index contributed by atoms with van der Waals surface area (Å²) >= 11 is 3.39. The van der Waals surface area contributed by atoms with Crippen molar-refractivity contribution in [2.45, 2.75) is 57.0 Å². The lowest BCUT2D eigenvalue weighted by Crippen LogP contribution is -2.47. The number of piperidine rings is 1. The molecule has 1 amide bonds. The van der Waals surface area contributed by atoms with Gasteiger partial charge < -0.3 is 10.2 Å². The summed E-state index contributed by atoms with van der Waals surface area (Å²) in [4.78, 5) is 14.3. The molecule has 2 fully saturated rings. The molecule has 0 saturated carbocycles. The fraction of sp³-hybridized carbons (Fsp3) is 0.923. The first-order valence-electron chi connectivity index (χ1n) is 6.89. The van der Waals surface area contributed by atoms with Crippen LogP contribution in [0.15, 0.2) is 0 Å². The normalized spacial score (nSPS) is 29.0. The van der Waals surface area contributed by atoms with Crippen molar-refractivity contribution in [1.29, 1.82) is 0 Å². The fourth-order valence-corrected chi connectivity index (χ4v) is 3.43. The third-order valence-corrected chi connectivity index (χ3v) is 4.53. The highest BCUT2D eigenvalue weighted by Gasteiger charge is 2.31. The molecule has 1 N–H and O–H groups in total. The minimum atomic E-state index is 0.252. The number of nitrogens with one attached hydrogen (secondary N) is 1. The van der Waals surface area contributed by atoms with Gasteiger partial charge in [-0.3, -0.25) is 4.79 Å². The number of hydrogen-bond acceptors (Lipinski definition) is 2. The van der Waals surface area contributed by atoms with Gasteiger partial charge in [-0.1, -0.05) is 15.9 Å². The van der Waals surface area contributed by atoms with Crippen molar-refractivity contribution in [1.82, 2.24) is 10.2 Å². The molecule has 17 heavy (non-hydrogen) atoms. The van der Waals surface area contributed by atoms with E-state index in [1.165, 1.54) is 32.4 Å². The first-order chi connectivity index (χ1) is 8.29. The van der Waals surface area contributed by atoms with Gasteiger partial charge in [0.15, 0.2) is 0 Å². The summed E-state index contributed by atoms with van der Waals surface area (Å²) < 4.78 is 0. The molecule has 0 aromatic rings. The number of hydrogen-bond donors (Lipinski definition) is 1. The quantitative estimate of drug-likeness (QED) is 0.624. The Labute approximate surface area is 112 Å². The Morgan fingerprint density at radius 2 is 2.18 bits per heavy atom. The topological polar surface area (TPSA) is 32.3 Å². The van der Waals surface area contributed by atoms with Crippen molar-refractivity contribution in [2.24, 2.45) is 0 Å². The number of carbonyl (C=O) groups excluding carboxylic acids is 1. The highest BCUT2D eigenvalue weighted by Crippen LogP contribution is 2.26. The van der Waals surface area contributed by atoms with E-state index in [1.807, 2.05) is 0 Å². The summed E-state index contributed by atoms with van der Waals surface area (Å²) in [6, 6.07) is 1.18. The Morgan fingerprint density at radius 1 is 1.29 bits per heavy atom. The highest BCUT2D eigenvalue weighted by molar-refractivity contribution is 9.09. The van der Waals surface area contributed by atoms with Gasteiger partial charge in [-0.25, -0.2) is 0 Å². The minimum Gasteiger partial charge on any atom is -0.353 e. The molecule has 2 aliphatic rings. The van der Waals surface area contributed by atoms with Crippen LogP contribution in [-0.4, -0.2) is 41.3 Å². The zero-order valence-electron chi connectivity index (χ0n) is 10.5. The number of amides is 1. The number of rotatable bonds is 5. The number of carbonyl (C=O) groups is 1. The van der Waals surface area contributed by atoms with Crippen LogP contribution in [0.3, 0.4) is 0 Å². The van der Waals surface area contributed by atoms with Gasteiger partial charge in [-0.2, -0.15) is 0 Å². The van der Waals surface area contributed by atoms with Crippen LogP contribution in [-0.2, 0) is 4.79 Å². The maximum Gasteiger partial charge on any atom is 0.220 e. The largest absolute Gasteiger partial charge is 0.353 e. The molecule has 0 bridgehead atoms. The lowest BCUT2D eigenvalue weighted by Gasteiger charge is -2.35. The third-order valence-electron chi connectivity index (χ3n) is 3.97. The summed E-state index contributed by atoms with van der Waals surface area (Å²) in [5.41, 5.74) is 0. The molecule has 3 nitrogen and oxygen atoms in total. The van der Waals surface area contributed by atoms with Crippen molar-refractivity contribution in [3.63, 3.8) is 0 Å². The molecule has 2 unspecified atom stereocenters. The lowest BCUT2D eigenvalue weighted by atomic mass is 9.97. The molecule has 0 aliphatic carbocycles. The van der Waals surface area contributed by atoms with Gasteiger partial charge in [0.05, 0.1) is 0 Å². The van der Waals surface area contributed by atoms with Gasteiger partial charge in [-0.05, 0) is 45.1 Å². The SMILES string of the molecule is O=C(CCCCBr)NC1CCN2CCCC2C1. The van der Waals surface area contributed by atoms with Gasteiger partial charge in [0.2, 0.25) is 5.91 Å². The molecular weight excluding hydrogens is 280 g/mol. The molecule has 2 saturated heterocycles. The van der Waals surface area contributed by atoms with Crippen molar-refractivity contribution >= 4 is 21.8 Å². The van der Waals surface area contributed by atoms with Crippen LogP contribution in [0.4, 0.5) is 0 Å². The highest BCUT2D eigenvalue weighted by atomic mass is 79.9. The average Bonchev–Trinajstić information content (AvgIpc) is 2.76. The van der Waals surface area contributed by atoms with Crippen LogP contribution in [0.2, 0.25) is 0 Å². The Bertz CT molecular complexity index is 260. The lowest BCUT2D eigenvalue weighted by molar-refractivity contribution is -0.122. The van der Waals surface area contributed by atoms with E-state index in [9.17, 15) is 4.79 Å². The molecule has 0 aromatic carbocycles. The van der Waals surface area contributed by atoms with Crippen LogP contribution in [0.1, 0.15) is 44.9 Å².